The number of allylic oxidation sites excluding steroid dienone is 3. The highest BCUT2D eigenvalue weighted by Gasteiger charge is 2.29. The fourth-order valence-electron chi connectivity index (χ4n) is 3.90. The van der Waals surface area contributed by atoms with E-state index in [9.17, 15) is 9.59 Å². The first-order valence-electron chi connectivity index (χ1n) is 10.5. The van der Waals surface area contributed by atoms with Crippen LogP contribution in [0.25, 0.3) is 6.08 Å². The number of hydrogen-bond acceptors (Lipinski definition) is 6. The maximum absolute atomic E-state index is 13.0. The second kappa shape index (κ2) is 9.65. The van der Waals surface area contributed by atoms with Crippen LogP contribution in [0.4, 0.5) is 5.82 Å². The van der Waals surface area contributed by atoms with Gasteiger partial charge >= 0.3 is 0 Å². The average Bonchev–Trinajstić information content (AvgIpc) is 2.94. The molecule has 1 aromatic heterocycles. The topological polar surface area (TPSA) is 84.0 Å². The van der Waals surface area contributed by atoms with Crippen molar-refractivity contribution < 1.29 is 19.1 Å². The van der Waals surface area contributed by atoms with Crippen molar-refractivity contribution in [3.05, 3.63) is 77.8 Å². The van der Waals surface area contributed by atoms with Gasteiger partial charge in [-0.15, -0.1) is 0 Å². The van der Waals surface area contributed by atoms with Crippen LogP contribution in [0.1, 0.15) is 24.0 Å². The van der Waals surface area contributed by atoms with Crippen LogP contribution in [0.2, 0.25) is 0 Å². The van der Waals surface area contributed by atoms with Gasteiger partial charge < -0.3 is 19.7 Å². The molecule has 0 fully saturated rings. The lowest BCUT2D eigenvalue weighted by molar-refractivity contribution is -0.126. The number of aromatic nitrogens is 1. The summed E-state index contributed by atoms with van der Waals surface area (Å²) in [4.78, 5) is 32.8. The van der Waals surface area contributed by atoms with Gasteiger partial charge in [-0.3, -0.25) is 14.5 Å². The van der Waals surface area contributed by atoms with Crippen LogP contribution in [0.3, 0.4) is 0 Å². The number of hydrogen-bond donors (Lipinski definition) is 1. The molecule has 3 aliphatic rings. The molecule has 1 N–H and O–H groups in total. The molecule has 2 aliphatic heterocycles. The third-order valence-corrected chi connectivity index (χ3v) is 5.44. The molecule has 8 nitrogen and oxygen atoms in total. The van der Waals surface area contributed by atoms with Crippen LogP contribution in [0, 0.1) is 0 Å². The number of carbonyl (C=O) groups is 2. The summed E-state index contributed by atoms with van der Waals surface area (Å²) in [5.74, 6) is 0.857. The van der Waals surface area contributed by atoms with Crippen molar-refractivity contribution in [2.24, 2.45) is 0 Å². The van der Waals surface area contributed by atoms with Crippen molar-refractivity contribution in [3.8, 4) is 0 Å². The number of ether oxygens (including phenoxy) is 2. The van der Waals surface area contributed by atoms with Crippen molar-refractivity contribution in [3.63, 3.8) is 0 Å². The van der Waals surface area contributed by atoms with E-state index in [0.29, 0.717) is 24.7 Å². The normalized spacial score (nSPS) is 19.1. The number of pyridine rings is 1. The Hall–Kier alpha value is -3.65. The van der Waals surface area contributed by atoms with Crippen molar-refractivity contribution in [1.29, 1.82) is 0 Å². The van der Waals surface area contributed by atoms with E-state index in [2.05, 4.69) is 16.4 Å². The lowest BCUT2D eigenvalue weighted by atomic mass is 9.95. The van der Waals surface area contributed by atoms with Gasteiger partial charge in [-0.2, -0.15) is 0 Å². The summed E-state index contributed by atoms with van der Waals surface area (Å²) < 4.78 is 10.9. The minimum atomic E-state index is -0.365. The quantitative estimate of drug-likeness (QED) is 0.718. The fraction of sp³-hybridized carbons (Fsp3) is 0.292. The van der Waals surface area contributed by atoms with Crippen LogP contribution in [0.15, 0.2) is 66.7 Å². The summed E-state index contributed by atoms with van der Waals surface area (Å²) in [6.45, 7) is 0.910. The highest BCUT2D eigenvalue weighted by Crippen LogP contribution is 2.27. The summed E-state index contributed by atoms with van der Waals surface area (Å²) in [5.41, 5.74) is 2.77. The molecule has 4 rings (SSSR count). The molecule has 0 saturated carbocycles. The molecule has 32 heavy (non-hydrogen) atoms. The second-order valence-corrected chi connectivity index (χ2v) is 7.94. The average molecular weight is 434 g/mol. The van der Waals surface area contributed by atoms with E-state index in [0.717, 1.165) is 29.5 Å². The Morgan fingerprint density at radius 2 is 2.22 bits per heavy atom. The summed E-state index contributed by atoms with van der Waals surface area (Å²) in [5, 5.41) is 2.81. The van der Waals surface area contributed by atoms with E-state index < -0.39 is 0 Å². The zero-order chi connectivity index (χ0) is 22.5. The Kier molecular flexibility index (Phi) is 6.51. The Morgan fingerprint density at radius 1 is 1.34 bits per heavy atom. The molecule has 2 amide bonds. The molecule has 8 heteroatoms. The lowest BCUT2D eigenvalue weighted by Crippen LogP contribution is -2.39. The third-order valence-electron chi connectivity index (χ3n) is 5.44. The molecular weight excluding hydrogens is 408 g/mol. The zero-order valence-electron chi connectivity index (χ0n) is 18.2. The fourth-order valence-corrected chi connectivity index (χ4v) is 3.90. The van der Waals surface area contributed by atoms with Crippen LogP contribution in [-0.2, 0) is 25.6 Å². The first-order valence-corrected chi connectivity index (χ1v) is 10.5. The van der Waals surface area contributed by atoms with E-state index >= 15 is 0 Å². The minimum absolute atomic E-state index is 0.0881. The van der Waals surface area contributed by atoms with E-state index in [1.807, 2.05) is 30.2 Å². The Balaban J connectivity index is 1.53. The van der Waals surface area contributed by atoms with E-state index in [4.69, 9.17) is 9.47 Å². The molecule has 0 radical (unpaired) electrons. The monoisotopic (exact) mass is 434 g/mol. The van der Waals surface area contributed by atoms with E-state index in [-0.39, 0.29) is 17.9 Å². The van der Waals surface area contributed by atoms with Gasteiger partial charge in [0.2, 0.25) is 11.8 Å². The molecular formula is C24H26N4O4. The molecule has 0 bridgehead atoms. The maximum Gasteiger partial charge on any atom is 0.247 e. The summed E-state index contributed by atoms with van der Waals surface area (Å²) in [6, 6.07) is 1.57. The molecule has 3 heterocycles. The number of anilines is 1. The standard InChI is InChI=1S/C24H26N4O4/c1-27-14-19-12-17(13-25-24(19)26-21(29)15-27)8-9-22(30)28(2)23(18-6-4-3-5-7-18)20-16-31-10-11-32-20/h3-4,6,8-13,16,23H,5,7,14-15H2,1-2H3,(H,25,26,29)/b9-8+. The minimum Gasteiger partial charge on any atom is -0.466 e. The van der Waals surface area contributed by atoms with Crippen molar-refractivity contribution in [2.75, 3.05) is 26.0 Å². The van der Waals surface area contributed by atoms with E-state index in [1.54, 1.807) is 24.2 Å². The number of rotatable bonds is 5. The summed E-state index contributed by atoms with van der Waals surface area (Å²) in [7, 11) is 3.63. The molecule has 0 aromatic carbocycles. The molecule has 1 aliphatic carbocycles. The smallest absolute Gasteiger partial charge is 0.247 e. The molecule has 1 aromatic rings. The summed E-state index contributed by atoms with van der Waals surface area (Å²) in [6.07, 6.45) is 17.2. The molecule has 1 atom stereocenters. The molecule has 0 spiro atoms. The number of amides is 2. The van der Waals surface area contributed by atoms with Gasteiger partial charge in [0, 0.05) is 31.4 Å². The summed E-state index contributed by atoms with van der Waals surface area (Å²) >= 11 is 0. The van der Waals surface area contributed by atoms with Gasteiger partial charge in [0.1, 0.15) is 30.6 Å². The largest absolute Gasteiger partial charge is 0.466 e. The first kappa shape index (κ1) is 21.6. The molecule has 0 saturated heterocycles. The van der Waals surface area contributed by atoms with Crippen LogP contribution in [0.5, 0.6) is 0 Å². The van der Waals surface area contributed by atoms with Gasteiger partial charge in [0.05, 0.1) is 6.54 Å². The Morgan fingerprint density at radius 3 is 2.97 bits per heavy atom. The third kappa shape index (κ3) is 4.97. The highest BCUT2D eigenvalue weighted by atomic mass is 16.5. The zero-order valence-corrected chi connectivity index (χ0v) is 18.2. The van der Waals surface area contributed by atoms with Crippen molar-refractivity contribution >= 4 is 23.7 Å². The molecule has 1 unspecified atom stereocenters. The van der Waals surface area contributed by atoms with Crippen LogP contribution >= 0.6 is 0 Å². The number of nitrogens with zero attached hydrogens (tertiary/aromatic N) is 3. The van der Waals surface area contributed by atoms with Gasteiger partial charge in [0.15, 0.2) is 5.76 Å². The second-order valence-electron chi connectivity index (χ2n) is 7.94. The van der Waals surface area contributed by atoms with E-state index in [1.165, 1.54) is 24.9 Å². The predicted octanol–water partition coefficient (Wildman–Crippen LogP) is 2.94. The van der Waals surface area contributed by atoms with Gasteiger partial charge in [-0.1, -0.05) is 18.2 Å². The van der Waals surface area contributed by atoms with Crippen molar-refractivity contribution in [2.45, 2.75) is 25.4 Å². The molecule has 166 valence electrons. The lowest BCUT2D eigenvalue weighted by Gasteiger charge is -2.31. The van der Waals surface area contributed by atoms with Crippen LogP contribution in [-0.4, -0.2) is 53.3 Å². The van der Waals surface area contributed by atoms with Crippen LogP contribution < -0.4 is 5.32 Å². The van der Waals surface area contributed by atoms with Gasteiger partial charge in [-0.05, 0) is 43.2 Å². The maximum atomic E-state index is 13.0. The van der Waals surface area contributed by atoms with Gasteiger partial charge in [0.25, 0.3) is 0 Å². The Labute approximate surface area is 187 Å². The highest BCUT2D eigenvalue weighted by molar-refractivity contribution is 5.94. The number of fused-ring (bicyclic) bond motifs is 1. The number of carbonyl (C=O) groups excluding carboxylic acids is 2. The first-order chi connectivity index (χ1) is 15.5. The Bertz CT molecular complexity index is 1050. The predicted molar refractivity (Wildman–Crippen MR) is 121 cm³/mol. The SMILES string of the molecule is CN1CC(=O)Nc2ncc(/C=C/C(=O)N(C)C(C3=CC=CCC3)C3=COC=CO3)cc2C1. The number of nitrogens with one attached hydrogen (secondary N) is 1. The van der Waals surface area contributed by atoms with Gasteiger partial charge in [-0.25, -0.2) is 4.98 Å². The van der Waals surface area contributed by atoms with Crippen molar-refractivity contribution in [1.82, 2.24) is 14.8 Å². The number of likely N-dealkylation sites (N-methyl/N-ethyl adjacent to an activating group) is 2.